The number of hydrogen-bond donors (Lipinski definition) is 2. The molecule has 3 fully saturated rings. The summed E-state index contributed by atoms with van der Waals surface area (Å²) >= 11 is 0. The molecule has 0 radical (unpaired) electrons. The number of rotatable bonds is 5. The first kappa shape index (κ1) is 19.6. The van der Waals surface area contributed by atoms with Crippen molar-refractivity contribution in [2.45, 2.75) is 43.4 Å². The maximum atomic E-state index is 13.1. The number of carbonyl (C=O) groups is 2. The summed E-state index contributed by atoms with van der Waals surface area (Å²) in [5, 5.41) is 23.2. The van der Waals surface area contributed by atoms with Crippen LogP contribution < -0.4 is 10.6 Å². The lowest BCUT2D eigenvalue weighted by Crippen LogP contribution is -2.56. The first-order chi connectivity index (χ1) is 15.1. The molecule has 1 aromatic carbocycles. The van der Waals surface area contributed by atoms with Crippen LogP contribution in [0.3, 0.4) is 0 Å². The number of aromatic amines is 1. The van der Waals surface area contributed by atoms with Crippen LogP contribution >= 0.6 is 0 Å². The first-order valence-electron chi connectivity index (χ1n) is 10.4. The van der Waals surface area contributed by atoms with Gasteiger partial charge in [-0.25, -0.2) is 0 Å². The molecule has 0 saturated carbocycles. The van der Waals surface area contributed by atoms with Crippen molar-refractivity contribution in [3.8, 4) is 17.5 Å². The molecule has 3 N–H and O–H groups in total. The average molecular weight is 421 g/mol. The number of anilines is 1. The Labute approximate surface area is 178 Å². The Morgan fingerprint density at radius 2 is 2.29 bits per heavy atom. The molecule has 2 bridgehead atoms. The van der Waals surface area contributed by atoms with Crippen LogP contribution in [0.4, 0.5) is 5.69 Å². The highest BCUT2D eigenvalue weighted by atomic mass is 16.2. The van der Waals surface area contributed by atoms with Crippen molar-refractivity contribution < 1.29 is 9.59 Å². The third kappa shape index (κ3) is 3.34. The van der Waals surface area contributed by atoms with Gasteiger partial charge in [0.15, 0.2) is 0 Å². The van der Waals surface area contributed by atoms with Crippen LogP contribution in [0, 0.1) is 11.3 Å². The monoisotopic (exact) mass is 421 g/mol. The number of nitrogens with one attached hydrogen (secondary N) is 1. The lowest BCUT2D eigenvalue weighted by molar-refractivity contribution is -0.134. The number of amides is 2. The number of nitriles is 1. The SMILES string of the molecule is N#C[C@@H]1CCCN1C(=O)[C@@H](N)CN1CC2C[C@@H]1C(=O)N2c1cccc(-c2nn[nH]n2)c1. The van der Waals surface area contributed by atoms with Crippen molar-refractivity contribution in [2.75, 3.05) is 24.5 Å². The van der Waals surface area contributed by atoms with E-state index in [0.29, 0.717) is 38.3 Å². The zero-order valence-corrected chi connectivity index (χ0v) is 16.9. The maximum absolute atomic E-state index is 13.1. The van der Waals surface area contributed by atoms with Gasteiger partial charge in [0.25, 0.3) is 0 Å². The fourth-order valence-electron chi connectivity index (χ4n) is 4.99. The van der Waals surface area contributed by atoms with E-state index in [1.807, 2.05) is 34.1 Å². The minimum absolute atomic E-state index is 0.0113. The number of tetrazole rings is 1. The topological polar surface area (TPSA) is 148 Å². The van der Waals surface area contributed by atoms with E-state index in [4.69, 9.17) is 5.73 Å². The second-order valence-electron chi connectivity index (χ2n) is 8.28. The van der Waals surface area contributed by atoms with E-state index in [1.165, 1.54) is 0 Å². The number of nitrogens with zero attached hydrogens (tertiary/aromatic N) is 7. The van der Waals surface area contributed by atoms with Gasteiger partial charge in [-0.05, 0) is 36.6 Å². The Balaban J connectivity index is 1.27. The summed E-state index contributed by atoms with van der Waals surface area (Å²) in [6.07, 6.45) is 2.22. The number of H-pyrrole nitrogens is 1. The number of aromatic nitrogens is 4. The molecule has 31 heavy (non-hydrogen) atoms. The van der Waals surface area contributed by atoms with Crippen LogP contribution in [0.2, 0.25) is 0 Å². The van der Waals surface area contributed by atoms with E-state index in [2.05, 4.69) is 26.7 Å². The molecule has 3 aliphatic heterocycles. The Kier molecular flexibility index (Phi) is 4.88. The van der Waals surface area contributed by atoms with Gasteiger partial charge in [0, 0.05) is 30.9 Å². The second kappa shape index (κ2) is 7.72. The highest BCUT2D eigenvalue weighted by Gasteiger charge is 2.50. The molecule has 4 atom stereocenters. The molecule has 5 rings (SSSR count). The highest BCUT2D eigenvalue weighted by Crippen LogP contribution is 2.36. The van der Waals surface area contributed by atoms with Crippen LogP contribution in [0.15, 0.2) is 24.3 Å². The van der Waals surface area contributed by atoms with Gasteiger partial charge < -0.3 is 15.5 Å². The van der Waals surface area contributed by atoms with E-state index in [0.717, 1.165) is 17.7 Å². The number of hydrogen-bond acceptors (Lipinski definition) is 8. The van der Waals surface area contributed by atoms with Crippen molar-refractivity contribution in [1.29, 1.82) is 5.26 Å². The average Bonchev–Trinajstić information content (AvgIpc) is 3.57. The largest absolute Gasteiger partial charge is 0.325 e. The van der Waals surface area contributed by atoms with Gasteiger partial charge in [0.2, 0.25) is 17.6 Å². The Bertz CT molecular complexity index is 1030. The van der Waals surface area contributed by atoms with Crippen molar-refractivity contribution in [3.05, 3.63) is 24.3 Å². The van der Waals surface area contributed by atoms with Gasteiger partial charge in [-0.2, -0.15) is 10.5 Å². The molecule has 2 aromatic rings. The summed E-state index contributed by atoms with van der Waals surface area (Å²) in [5.74, 6) is 0.281. The number of nitrogens with two attached hydrogens (primary N) is 1. The molecule has 3 saturated heterocycles. The Hall–Kier alpha value is -3.36. The van der Waals surface area contributed by atoms with Crippen LogP contribution in [0.5, 0.6) is 0 Å². The van der Waals surface area contributed by atoms with Gasteiger partial charge >= 0.3 is 0 Å². The van der Waals surface area contributed by atoms with Gasteiger partial charge in [-0.15, -0.1) is 10.2 Å². The lowest BCUT2D eigenvalue weighted by atomic mass is 10.1. The summed E-state index contributed by atoms with van der Waals surface area (Å²) < 4.78 is 0. The predicted molar refractivity (Wildman–Crippen MR) is 109 cm³/mol. The molecule has 2 amide bonds. The minimum atomic E-state index is -0.740. The van der Waals surface area contributed by atoms with Gasteiger partial charge in [-0.3, -0.25) is 14.5 Å². The molecule has 1 unspecified atom stereocenters. The summed E-state index contributed by atoms with van der Waals surface area (Å²) in [4.78, 5) is 31.3. The molecule has 160 valence electrons. The number of piperazine rings is 1. The molecule has 0 aliphatic carbocycles. The van der Waals surface area contributed by atoms with Gasteiger partial charge in [0.1, 0.15) is 6.04 Å². The summed E-state index contributed by atoms with van der Waals surface area (Å²) in [6, 6.07) is 8.31. The highest BCUT2D eigenvalue weighted by molar-refractivity contribution is 6.01. The van der Waals surface area contributed by atoms with Crippen LogP contribution in [-0.4, -0.2) is 86.0 Å². The van der Waals surface area contributed by atoms with E-state index in [1.54, 1.807) is 4.90 Å². The normalized spacial score (nSPS) is 26.5. The molecule has 0 spiro atoms. The van der Waals surface area contributed by atoms with E-state index >= 15 is 0 Å². The number of benzene rings is 1. The van der Waals surface area contributed by atoms with Gasteiger partial charge in [0.05, 0.1) is 24.2 Å². The number of carbonyl (C=O) groups excluding carboxylic acids is 2. The third-order valence-electron chi connectivity index (χ3n) is 6.43. The zero-order valence-electron chi connectivity index (χ0n) is 16.9. The van der Waals surface area contributed by atoms with E-state index in [9.17, 15) is 14.9 Å². The van der Waals surface area contributed by atoms with Gasteiger partial charge in [-0.1, -0.05) is 12.1 Å². The number of likely N-dealkylation sites (tertiary alicyclic amines) is 2. The predicted octanol–water partition coefficient (Wildman–Crippen LogP) is -0.502. The summed E-state index contributed by atoms with van der Waals surface area (Å²) in [6.45, 7) is 1.54. The van der Waals surface area contributed by atoms with Crippen molar-refractivity contribution >= 4 is 17.5 Å². The number of fused-ring (bicyclic) bond motifs is 2. The molecule has 1 aromatic heterocycles. The van der Waals surface area contributed by atoms with Crippen LogP contribution in [0.1, 0.15) is 19.3 Å². The summed E-state index contributed by atoms with van der Waals surface area (Å²) in [5.41, 5.74) is 7.78. The third-order valence-corrected chi connectivity index (χ3v) is 6.43. The fourth-order valence-corrected chi connectivity index (χ4v) is 4.99. The molecule has 11 nitrogen and oxygen atoms in total. The summed E-state index contributed by atoms with van der Waals surface area (Å²) in [7, 11) is 0. The van der Waals surface area contributed by atoms with Crippen molar-refractivity contribution in [2.24, 2.45) is 5.73 Å². The molecule has 3 aliphatic rings. The smallest absolute Gasteiger partial charge is 0.244 e. The quantitative estimate of drug-likeness (QED) is 0.656. The molecular weight excluding hydrogens is 398 g/mol. The first-order valence-corrected chi connectivity index (χ1v) is 10.4. The van der Waals surface area contributed by atoms with Crippen LogP contribution in [0.25, 0.3) is 11.4 Å². The standard InChI is InChI=1S/C20H23N9O2/c21-9-14-5-2-6-28(14)19(30)16(22)11-27-10-15-8-17(27)20(31)29(15)13-4-1-3-12(7-13)18-23-25-26-24-18/h1,3-4,7,14-17H,2,5-6,8,10-11,22H2,(H,23,24,25,26)/t14-,15?,16-,17+/m0/s1. The fraction of sp³-hybridized carbons (Fsp3) is 0.500. The maximum Gasteiger partial charge on any atom is 0.244 e. The van der Waals surface area contributed by atoms with E-state index < -0.39 is 12.1 Å². The van der Waals surface area contributed by atoms with E-state index in [-0.39, 0.29) is 23.9 Å². The lowest BCUT2D eigenvalue weighted by Gasteiger charge is -2.35. The Morgan fingerprint density at radius 3 is 3.03 bits per heavy atom. The second-order valence-corrected chi connectivity index (χ2v) is 8.28. The Morgan fingerprint density at radius 1 is 1.42 bits per heavy atom. The zero-order chi connectivity index (χ0) is 21.5. The minimum Gasteiger partial charge on any atom is -0.325 e. The van der Waals surface area contributed by atoms with Crippen LogP contribution in [-0.2, 0) is 9.59 Å². The van der Waals surface area contributed by atoms with Crippen molar-refractivity contribution in [3.63, 3.8) is 0 Å². The van der Waals surface area contributed by atoms with Crippen molar-refractivity contribution in [1.82, 2.24) is 30.4 Å². The molecule has 4 heterocycles. The molecular formula is C20H23N9O2. The molecule has 11 heteroatoms.